The number of carbonyl (C=O) groups excluding carboxylic acids is 1. The predicted octanol–water partition coefficient (Wildman–Crippen LogP) is 0.657. The van der Waals surface area contributed by atoms with Crippen molar-refractivity contribution in [3.8, 4) is 0 Å². The van der Waals surface area contributed by atoms with Crippen molar-refractivity contribution >= 4 is 5.91 Å². The molecule has 0 aliphatic carbocycles. The summed E-state index contributed by atoms with van der Waals surface area (Å²) in [6.45, 7) is 6.70. The Morgan fingerprint density at radius 3 is 2.60 bits per heavy atom. The van der Waals surface area contributed by atoms with Crippen LogP contribution in [0.1, 0.15) is 33.1 Å². The number of hydrogen-bond acceptors (Lipinski definition) is 3. The van der Waals surface area contributed by atoms with E-state index < -0.39 is 0 Å². The molecule has 1 aliphatic rings. The van der Waals surface area contributed by atoms with Gasteiger partial charge in [0.25, 0.3) is 0 Å². The number of nitrogens with one attached hydrogen (secondary N) is 1. The van der Waals surface area contributed by atoms with Crippen molar-refractivity contribution < 1.29 is 9.53 Å². The van der Waals surface area contributed by atoms with E-state index in [0.717, 1.165) is 32.6 Å². The molecule has 0 radical (unpaired) electrons. The number of ether oxygens (including phenoxy) is 1. The van der Waals surface area contributed by atoms with Crippen LogP contribution in [0.2, 0.25) is 0 Å². The summed E-state index contributed by atoms with van der Waals surface area (Å²) >= 11 is 0. The van der Waals surface area contributed by atoms with Gasteiger partial charge in [-0.25, -0.2) is 0 Å². The van der Waals surface area contributed by atoms with Gasteiger partial charge in [-0.2, -0.15) is 0 Å². The summed E-state index contributed by atoms with van der Waals surface area (Å²) in [6.07, 6.45) is 2.61. The molecule has 88 valence electrons. The van der Waals surface area contributed by atoms with Crippen LogP contribution in [-0.4, -0.2) is 31.2 Å². The van der Waals surface area contributed by atoms with Crippen LogP contribution in [0.5, 0.6) is 0 Å². The zero-order chi connectivity index (χ0) is 11.3. The predicted molar refractivity (Wildman–Crippen MR) is 59.4 cm³/mol. The fraction of sp³-hybridized carbons (Fsp3) is 0.909. The largest absolute Gasteiger partial charge is 0.381 e. The van der Waals surface area contributed by atoms with E-state index in [1.54, 1.807) is 0 Å². The van der Waals surface area contributed by atoms with Crippen LogP contribution in [-0.2, 0) is 9.53 Å². The molecule has 0 bridgehead atoms. The molecule has 0 aromatic heterocycles. The van der Waals surface area contributed by atoms with Gasteiger partial charge in [0.15, 0.2) is 0 Å². The van der Waals surface area contributed by atoms with E-state index in [2.05, 4.69) is 5.32 Å². The maximum Gasteiger partial charge on any atom is 0.219 e. The Labute approximate surface area is 91.5 Å². The quantitative estimate of drug-likeness (QED) is 0.706. The topological polar surface area (TPSA) is 64.4 Å². The molecule has 1 amide bonds. The van der Waals surface area contributed by atoms with Crippen LogP contribution in [0.3, 0.4) is 0 Å². The zero-order valence-electron chi connectivity index (χ0n) is 9.71. The molecule has 0 aromatic carbocycles. The van der Waals surface area contributed by atoms with Gasteiger partial charge in [0.2, 0.25) is 5.91 Å². The van der Waals surface area contributed by atoms with E-state index >= 15 is 0 Å². The first-order valence-electron chi connectivity index (χ1n) is 5.61. The van der Waals surface area contributed by atoms with E-state index in [-0.39, 0.29) is 11.4 Å². The van der Waals surface area contributed by atoms with Gasteiger partial charge in [-0.05, 0) is 39.2 Å². The molecule has 3 N–H and O–H groups in total. The van der Waals surface area contributed by atoms with Gasteiger partial charge in [-0.3, -0.25) is 4.79 Å². The standard InChI is InChI=1S/C11H22N2O2/c1-11(2,7-10(12)14)13-8-9-3-5-15-6-4-9/h9,13H,3-8H2,1-2H3,(H2,12,14). The number of amides is 1. The molecule has 0 spiro atoms. The third-order valence-corrected chi connectivity index (χ3v) is 2.83. The minimum atomic E-state index is -0.250. The lowest BCUT2D eigenvalue weighted by Crippen LogP contribution is -2.45. The Kier molecular flexibility index (Phi) is 4.54. The molecule has 15 heavy (non-hydrogen) atoms. The summed E-state index contributed by atoms with van der Waals surface area (Å²) in [6, 6.07) is 0. The third-order valence-electron chi connectivity index (χ3n) is 2.83. The number of hydrogen-bond donors (Lipinski definition) is 2. The maximum atomic E-state index is 10.8. The fourth-order valence-electron chi connectivity index (χ4n) is 1.87. The Balaban J connectivity index is 2.24. The lowest BCUT2D eigenvalue weighted by molar-refractivity contribution is -0.119. The second kappa shape index (κ2) is 5.47. The van der Waals surface area contributed by atoms with Crippen molar-refractivity contribution in [2.75, 3.05) is 19.8 Å². The van der Waals surface area contributed by atoms with Gasteiger partial charge in [0, 0.05) is 25.2 Å². The fourth-order valence-corrected chi connectivity index (χ4v) is 1.87. The first-order valence-corrected chi connectivity index (χ1v) is 5.61. The van der Waals surface area contributed by atoms with Crippen LogP contribution < -0.4 is 11.1 Å². The van der Waals surface area contributed by atoms with E-state index in [1.165, 1.54) is 0 Å². The summed E-state index contributed by atoms with van der Waals surface area (Å²) in [5, 5.41) is 3.40. The van der Waals surface area contributed by atoms with Crippen molar-refractivity contribution in [2.45, 2.75) is 38.6 Å². The van der Waals surface area contributed by atoms with E-state index in [1.807, 2.05) is 13.8 Å². The molecule has 1 aliphatic heterocycles. The summed E-state index contributed by atoms with van der Waals surface area (Å²) in [5.41, 5.74) is 5.00. The van der Waals surface area contributed by atoms with Crippen molar-refractivity contribution in [1.29, 1.82) is 0 Å². The van der Waals surface area contributed by atoms with Crippen LogP contribution in [0.25, 0.3) is 0 Å². The summed E-state index contributed by atoms with van der Waals surface area (Å²) in [5.74, 6) is 0.422. The SMILES string of the molecule is CC(C)(CC(N)=O)NCC1CCOCC1. The van der Waals surface area contributed by atoms with Crippen molar-refractivity contribution in [3.63, 3.8) is 0 Å². The molecule has 1 rings (SSSR count). The summed E-state index contributed by atoms with van der Waals surface area (Å²) in [7, 11) is 0. The lowest BCUT2D eigenvalue weighted by Gasteiger charge is -2.29. The van der Waals surface area contributed by atoms with Gasteiger partial charge >= 0.3 is 0 Å². The average Bonchev–Trinajstić information content (AvgIpc) is 2.15. The van der Waals surface area contributed by atoms with Gasteiger partial charge in [-0.15, -0.1) is 0 Å². The number of primary amides is 1. The van der Waals surface area contributed by atoms with Crippen LogP contribution in [0.15, 0.2) is 0 Å². The minimum absolute atomic E-state index is 0.190. The first-order chi connectivity index (χ1) is 6.99. The van der Waals surface area contributed by atoms with Crippen molar-refractivity contribution in [2.24, 2.45) is 11.7 Å². The highest BCUT2D eigenvalue weighted by atomic mass is 16.5. The molecule has 0 saturated carbocycles. The Morgan fingerprint density at radius 1 is 1.47 bits per heavy atom. The Bertz CT molecular complexity index is 211. The molecule has 1 heterocycles. The summed E-state index contributed by atoms with van der Waals surface area (Å²) in [4.78, 5) is 10.8. The van der Waals surface area contributed by atoms with Gasteiger partial charge in [0.1, 0.15) is 0 Å². The molecule has 4 nitrogen and oxygen atoms in total. The first kappa shape index (κ1) is 12.5. The van der Waals surface area contributed by atoms with Gasteiger partial charge < -0.3 is 15.8 Å². The number of carbonyl (C=O) groups is 1. The summed E-state index contributed by atoms with van der Waals surface area (Å²) < 4.78 is 5.29. The molecule has 1 fully saturated rings. The van der Waals surface area contributed by atoms with Crippen LogP contribution in [0.4, 0.5) is 0 Å². The highest BCUT2D eigenvalue weighted by Gasteiger charge is 2.22. The Morgan fingerprint density at radius 2 is 2.07 bits per heavy atom. The lowest BCUT2D eigenvalue weighted by atomic mass is 9.96. The monoisotopic (exact) mass is 214 g/mol. The maximum absolute atomic E-state index is 10.8. The molecule has 0 atom stereocenters. The van der Waals surface area contributed by atoms with Gasteiger partial charge in [-0.1, -0.05) is 0 Å². The molecule has 4 heteroatoms. The van der Waals surface area contributed by atoms with Crippen LogP contribution >= 0.6 is 0 Å². The number of rotatable bonds is 5. The second-order valence-corrected chi connectivity index (χ2v) is 4.96. The van der Waals surface area contributed by atoms with Gasteiger partial charge in [0.05, 0.1) is 0 Å². The van der Waals surface area contributed by atoms with E-state index in [0.29, 0.717) is 12.3 Å². The van der Waals surface area contributed by atoms with E-state index in [4.69, 9.17) is 10.5 Å². The Hall–Kier alpha value is -0.610. The minimum Gasteiger partial charge on any atom is -0.381 e. The average molecular weight is 214 g/mol. The smallest absolute Gasteiger partial charge is 0.219 e. The number of nitrogens with two attached hydrogens (primary N) is 1. The highest BCUT2D eigenvalue weighted by Crippen LogP contribution is 2.15. The molecule has 0 aromatic rings. The highest BCUT2D eigenvalue weighted by molar-refractivity contribution is 5.74. The van der Waals surface area contributed by atoms with Crippen molar-refractivity contribution in [3.05, 3.63) is 0 Å². The van der Waals surface area contributed by atoms with Crippen LogP contribution in [0, 0.1) is 5.92 Å². The van der Waals surface area contributed by atoms with E-state index in [9.17, 15) is 4.79 Å². The third kappa shape index (κ3) is 5.14. The normalized spacial score (nSPS) is 19.1. The molecular formula is C11H22N2O2. The molecule has 1 saturated heterocycles. The molecular weight excluding hydrogens is 192 g/mol. The molecule has 0 unspecified atom stereocenters. The zero-order valence-corrected chi connectivity index (χ0v) is 9.71. The second-order valence-electron chi connectivity index (χ2n) is 4.96. The van der Waals surface area contributed by atoms with Crippen molar-refractivity contribution in [1.82, 2.24) is 5.32 Å².